The predicted molar refractivity (Wildman–Crippen MR) is 233 cm³/mol. The van der Waals surface area contributed by atoms with Crippen LogP contribution in [0.15, 0.2) is 81.2 Å². The van der Waals surface area contributed by atoms with E-state index < -0.39 is 28.8 Å². The highest BCUT2D eigenvalue weighted by Crippen LogP contribution is 2.56. The molecule has 3 aromatic carbocycles. The molecular formula is C47H46F2N10O5. The number of rotatable bonds is 7. The van der Waals surface area contributed by atoms with E-state index in [9.17, 15) is 9.59 Å². The molecule has 17 heteroatoms. The second kappa shape index (κ2) is 14.3. The number of fused-ring (bicyclic) bond motifs is 3. The summed E-state index contributed by atoms with van der Waals surface area (Å²) in [6.45, 7) is 10.4. The van der Waals surface area contributed by atoms with Crippen LogP contribution in [0.4, 0.5) is 8.78 Å². The molecule has 15 nitrogen and oxygen atoms in total. The zero-order valence-corrected chi connectivity index (χ0v) is 36.2. The van der Waals surface area contributed by atoms with Crippen molar-refractivity contribution in [2.45, 2.75) is 83.9 Å². The molecular weight excluding hydrogens is 823 g/mol. The molecule has 2 aliphatic heterocycles. The van der Waals surface area contributed by atoms with Crippen molar-refractivity contribution in [3.63, 3.8) is 0 Å². The highest BCUT2D eigenvalue weighted by molar-refractivity contribution is 6.00. The number of nitrogens with one attached hydrogen (secondary N) is 1. The second-order valence-corrected chi connectivity index (χ2v) is 17.9. The van der Waals surface area contributed by atoms with E-state index in [2.05, 4.69) is 47.3 Å². The third-order valence-corrected chi connectivity index (χ3v) is 14.0. The van der Waals surface area contributed by atoms with Crippen LogP contribution in [0.1, 0.15) is 96.3 Å². The number of hydrogen-bond donors (Lipinski definition) is 1. The molecule has 1 saturated heterocycles. The maximum atomic E-state index is 16.1. The number of aromatic nitrogens is 9. The van der Waals surface area contributed by atoms with E-state index >= 15 is 13.6 Å². The number of aromatic amines is 1. The van der Waals surface area contributed by atoms with Gasteiger partial charge in [-0.1, -0.05) is 18.1 Å². The molecule has 3 aliphatic rings. The van der Waals surface area contributed by atoms with Crippen LogP contribution >= 0.6 is 0 Å². The van der Waals surface area contributed by atoms with Gasteiger partial charge >= 0.3 is 11.4 Å². The van der Waals surface area contributed by atoms with E-state index in [1.54, 1.807) is 65.6 Å². The summed E-state index contributed by atoms with van der Waals surface area (Å²) in [5.41, 5.74) is 4.21. The van der Waals surface area contributed by atoms with E-state index in [1.807, 2.05) is 17.6 Å². The lowest BCUT2D eigenvalue weighted by molar-refractivity contribution is 0.0186. The Balaban J connectivity index is 1.06. The van der Waals surface area contributed by atoms with Gasteiger partial charge < -0.3 is 14.2 Å². The van der Waals surface area contributed by atoms with Crippen molar-refractivity contribution in [2.24, 2.45) is 13.0 Å². The summed E-state index contributed by atoms with van der Waals surface area (Å²) in [5, 5.41) is 14.6. The van der Waals surface area contributed by atoms with Gasteiger partial charge in [-0.05, 0) is 118 Å². The molecule has 5 atom stereocenters. The standard InChI is InChI=1S/C47H46F2N10O5/c1-24-17-32(18-25(2)40(24)48)59-42(57-15-14-56(46(57)62)37-10-9-36-33(41(37)49)23-50-54(36)6)39-28(5)55(13-11-34(39)52-59)43(60)38-21-31-20-29(30-12-16-63-27(4)19-30)7-8-35(31)58(38)47(22-26(47)3)44-51-45(61)64-53-44/h7-10,14-15,17-18,20-21,23,26-28,30H,11-13,16,19,22H2,1-6H3,(H,51,53,61)/t26-,27-,28-,30-,47-/m0/s1. The molecule has 64 heavy (non-hydrogen) atoms. The van der Waals surface area contributed by atoms with Gasteiger partial charge in [-0.2, -0.15) is 10.2 Å². The molecule has 1 saturated carbocycles. The zero-order chi connectivity index (χ0) is 44.5. The summed E-state index contributed by atoms with van der Waals surface area (Å²) in [4.78, 5) is 47.1. The van der Waals surface area contributed by atoms with Gasteiger partial charge in [-0.15, -0.1) is 0 Å². The lowest BCUT2D eigenvalue weighted by Crippen LogP contribution is -2.41. The van der Waals surface area contributed by atoms with Crippen molar-refractivity contribution in [1.82, 2.24) is 48.3 Å². The van der Waals surface area contributed by atoms with Crippen LogP contribution in [0.25, 0.3) is 39.0 Å². The van der Waals surface area contributed by atoms with Gasteiger partial charge in [0.2, 0.25) is 0 Å². The monoisotopic (exact) mass is 868 g/mol. The van der Waals surface area contributed by atoms with Gasteiger partial charge in [0, 0.05) is 55.5 Å². The number of halogens is 2. The minimum Gasteiger partial charge on any atom is -0.378 e. The molecule has 1 amide bonds. The highest BCUT2D eigenvalue weighted by Gasteiger charge is 2.59. The minimum absolute atomic E-state index is 0.00359. The van der Waals surface area contributed by atoms with Crippen LogP contribution in [-0.4, -0.2) is 73.5 Å². The van der Waals surface area contributed by atoms with E-state index in [1.165, 1.54) is 27.1 Å². The van der Waals surface area contributed by atoms with Crippen LogP contribution in [0.2, 0.25) is 0 Å². The summed E-state index contributed by atoms with van der Waals surface area (Å²) >= 11 is 0. The topological polar surface area (TPSA) is 156 Å². The molecule has 7 heterocycles. The smallest absolute Gasteiger partial charge is 0.378 e. The Morgan fingerprint density at radius 2 is 1.70 bits per heavy atom. The summed E-state index contributed by atoms with van der Waals surface area (Å²) in [6, 6.07) is 14.3. The Labute approximate surface area is 364 Å². The van der Waals surface area contributed by atoms with Crippen molar-refractivity contribution in [3.8, 4) is 17.2 Å². The first-order chi connectivity index (χ1) is 30.7. The average molecular weight is 869 g/mol. The molecule has 2 fully saturated rings. The number of imidazole rings is 1. The molecule has 0 unspecified atom stereocenters. The maximum Gasteiger partial charge on any atom is 0.438 e. The van der Waals surface area contributed by atoms with E-state index in [0.717, 1.165) is 23.7 Å². The van der Waals surface area contributed by atoms with Gasteiger partial charge in [0.25, 0.3) is 5.91 Å². The van der Waals surface area contributed by atoms with Gasteiger partial charge in [-0.25, -0.2) is 23.1 Å². The van der Waals surface area contributed by atoms with Crippen LogP contribution in [0.5, 0.6) is 0 Å². The molecule has 0 spiro atoms. The Bertz CT molecular complexity index is 3320. The number of carbonyl (C=O) groups excluding carboxylic acids is 1. The fraction of sp³-hybridized carbons (Fsp3) is 0.362. The van der Waals surface area contributed by atoms with Crippen LogP contribution in [-0.2, 0) is 23.7 Å². The SMILES string of the molecule is Cc1cc(-n2nc3c(c2-n2ccn(-c4ccc5c(cnn5C)c4F)c2=O)[C@H](C)N(C(=O)c2cc4cc([C@H]5CCO[C@@H](C)C5)ccc4n2[C@@]2(c4noc(=O)[nH]4)C[C@@H]2C)CC3)cc(C)c1F. The number of hydrogen-bond acceptors (Lipinski definition) is 8. The van der Waals surface area contributed by atoms with Crippen molar-refractivity contribution >= 4 is 27.7 Å². The van der Waals surface area contributed by atoms with Gasteiger partial charge in [-0.3, -0.25) is 28.1 Å². The zero-order valence-electron chi connectivity index (χ0n) is 36.2. The third-order valence-electron chi connectivity index (χ3n) is 14.0. The molecule has 0 bridgehead atoms. The van der Waals surface area contributed by atoms with E-state index in [4.69, 9.17) is 14.4 Å². The first-order valence-electron chi connectivity index (χ1n) is 21.7. The second-order valence-electron chi connectivity index (χ2n) is 17.9. The van der Waals surface area contributed by atoms with Gasteiger partial charge in [0.1, 0.15) is 22.9 Å². The number of nitrogens with zero attached hydrogens (tertiary/aromatic N) is 9. The maximum absolute atomic E-state index is 16.1. The third kappa shape index (κ3) is 5.85. The number of amides is 1. The molecule has 0 radical (unpaired) electrons. The largest absolute Gasteiger partial charge is 0.438 e. The predicted octanol–water partition coefficient (Wildman–Crippen LogP) is 7.05. The summed E-state index contributed by atoms with van der Waals surface area (Å²) in [6.07, 6.45) is 7.37. The average Bonchev–Trinajstić information content (AvgIpc) is 3.91. The lowest BCUT2D eigenvalue weighted by Gasteiger charge is -2.34. The number of ether oxygens (including phenoxy) is 1. The number of carbonyl (C=O) groups is 1. The van der Waals surface area contributed by atoms with Crippen molar-refractivity contribution in [1.29, 1.82) is 0 Å². The first kappa shape index (κ1) is 39.9. The molecule has 1 aliphatic carbocycles. The number of benzene rings is 3. The summed E-state index contributed by atoms with van der Waals surface area (Å²) < 4.78 is 50.0. The van der Waals surface area contributed by atoms with Gasteiger partial charge in [0.05, 0.1) is 46.3 Å². The van der Waals surface area contributed by atoms with Crippen molar-refractivity contribution in [3.05, 3.63) is 139 Å². The quantitative estimate of drug-likeness (QED) is 0.179. The summed E-state index contributed by atoms with van der Waals surface area (Å²) in [5.74, 6) is -0.880. The number of H-pyrrole nitrogens is 1. The van der Waals surface area contributed by atoms with Crippen LogP contribution < -0.4 is 11.4 Å². The van der Waals surface area contributed by atoms with Gasteiger partial charge in [0.15, 0.2) is 11.6 Å². The minimum atomic E-state index is -0.851. The lowest BCUT2D eigenvalue weighted by atomic mass is 9.88. The number of aryl methyl sites for hydroxylation is 3. The van der Waals surface area contributed by atoms with Crippen LogP contribution in [0, 0.1) is 31.4 Å². The Kier molecular flexibility index (Phi) is 8.93. The Morgan fingerprint density at radius 1 is 0.953 bits per heavy atom. The van der Waals surface area contributed by atoms with E-state index in [0.29, 0.717) is 82.8 Å². The molecule has 11 rings (SSSR count). The molecule has 328 valence electrons. The fourth-order valence-electron chi connectivity index (χ4n) is 10.6. The molecule has 5 aromatic heterocycles. The summed E-state index contributed by atoms with van der Waals surface area (Å²) in [7, 11) is 1.72. The van der Waals surface area contributed by atoms with Crippen molar-refractivity contribution in [2.75, 3.05) is 13.2 Å². The molecule has 8 aromatic rings. The Hall–Kier alpha value is -6.88. The van der Waals surface area contributed by atoms with Crippen molar-refractivity contribution < 1.29 is 22.8 Å². The Morgan fingerprint density at radius 3 is 2.42 bits per heavy atom. The van der Waals surface area contributed by atoms with E-state index in [-0.39, 0.29) is 34.8 Å². The first-order valence-corrected chi connectivity index (χ1v) is 21.7. The fourth-order valence-corrected chi connectivity index (χ4v) is 10.6. The highest BCUT2D eigenvalue weighted by atomic mass is 19.1. The van der Waals surface area contributed by atoms with Crippen LogP contribution in [0.3, 0.4) is 0 Å². The molecule has 1 N–H and O–H groups in total. The normalized spacial score (nSPS) is 22.2.